The van der Waals surface area contributed by atoms with E-state index in [1.165, 1.54) is 5.56 Å². The highest BCUT2D eigenvalue weighted by atomic mass is 16.6. The van der Waals surface area contributed by atoms with Crippen molar-refractivity contribution in [3.05, 3.63) is 35.9 Å². The van der Waals surface area contributed by atoms with Crippen LogP contribution in [-0.2, 0) is 9.47 Å². The molecule has 0 aromatic heterocycles. The lowest BCUT2D eigenvalue weighted by Crippen LogP contribution is -2.60. The molecule has 0 radical (unpaired) electrons. The standard InChI is InChI=1S/C23H37N5O3/c1-4-31-22(29)28-14-12-27(13-15-28)21(24-3)25-18-23(10-16-30-17-11-23)26-19(2)20-8-6-5-7-9-20/h5-9,19,26H,4,10-18H2,1-3H3,(H,24,25). The molecule has 1 aromatic rings. The van der Waals surface area contributed by atoms with Crippen molar-refractivity contribution in [3.8, 4) is 0 Å². The van der Waals surface area contributed by atoms with Crippen LogP contribution in [0.3, 0.4) is 0 Å². The molecule has 0 bridgehead atoms. The third-order valence-electron chi connectivity index (χ3n) is 6.17. The molecule has 2 fully saturated rings. The Kier molecular flexibility index (Phi) is 8.54. The summed E-state index contributed by atoms with van der Waals surface area (Å²) in [6, 6.07) is 10.8. The van der Waals surface area contributed by atoms with E-state index in [0.29, 0.717) is 19.7 Å². The summed E-state index contributed by atoms with van der Waals surface area (Å²) in [4.78, 5) is 20.4. The van der Waals surface area contributed by atoms with Gasteiger partial charge in [-0.1, -0.05) is 30.3 Å². The van der Waals surface area contributed by atoms with Crippen LogP contribution in [0.5, 0.6) is 0 Å². The molecule has 8 nitrogen and oxygen atoms in total. The van der Waals surface area contributed by atoms with Gasteiger partial charge in [0.15, 0.2) is 5.96 Å². The highest BCUT2D eigenvalue weighted by Crippen LogP contribution is 2.25. The number of hydrogen-bond acceptors (Lipinski definition) is 5. The second kappa shape index (κ2) is 11.3. The number of aliphatic imine (C=N–C) groups is 1. The summed E-state index contributed by atoms with van der Waals surface area (Å²) >= 11 is 0. The fourth-order valence-corrected chi connectivity index (χ4v) is 4.31. The van der Waals surface area contributed by atoms with Crippen LogP contribution in [0.2, 0.25) is 0 Å². The van der Waals surface area contributed by atoms with E-state index in [4.69, 9.17) is 9.47 Å². The Bertz CT molecular complexity index is 713. The Hall–Kier alpha value is -2.32. The van der Waals surface area contributed by atoms with E-state index < -0.39 is 0 Å². The van der Waals surface area contributed by atoms with Crippen molar-refractivity contribution in [2.45, 2.75) is 38.3 Å². The van der Waals surface area contributed by atoms with Crippen LogP contribution < -0.4 is 10.6 Å². The molecule has 2 N–H and O–H groups in total. The normalized spacial score (nSPS) is 20.3. The van der Waals surface area contributed by atoms with E-state index in [2.05, 4.69) is 51.7 Å². The third-order valence-corrected chi connectivity index (χ3v) is 6.17. The number of guanidine groups is 1. The minimum absolute atomic E-state index is 0.0593. The summed E-state index contributed by atoms with van der Waals surface area (Å²) < 4.78 is 10.8. The van der Waals surface area contributed by atoms with Gasteiger partial charge in [-0.15, -0.1) is 0 Å². The average Bonchev–Trinajstić information content (AvgIpc) is 2.81. The predicted octanol–water partition coefficient (Wildman–Crippen LogP) is 2.24. The number of hydrogen-bond donors (Lipinski definition) is 2. The molecule has 1 atom stereocenters. The smallest absolute Gasteiger partial charge is 0.409 e. The number of piperazine rings is 1. The minimum atomic E-state index is -0.231. The van der Waals surface area contributed by atoms with Gasteiger partial charge in [-0.2, -0.15) is 0 Å². The predicted molar refractivity (Wildman–Crippen MR) is 122 cm³/mol. The summed E-state index contributed by atoms with van der Waals surface area (Å²) in [5.41, 5.74) is 1.23. The molecule has 8 heteroatoms. The number of ether oxygens (including phenoxy) is 2. The third kappa shape index (κ3) is 6.33. The summed E-state index contributed by atoms with van der Waals surface area (Å²) in [6.45, 7) is 9.50. The van der Waals surface area contributed by atoms with Crippen LogP contribution in [-0.4, -0.2) is 87.0 Å². The number of carbonyl (C=O) groups is 1. The maximum absolute atomic E-state index is 12.0. The first-order valence-corrected chi connectivity index (χ1v) is 11.3. The lowest BCUT2D eigenvalue weighted by Gasteiger charge is -2.42. The first-order valence-electron chi connectivity index (χ1n) is 11.3. The maximum Gasteiger partial charge on any atom is 0.409 e. The average molecular weight is 432 g/mol. The Morgan fingerprint density at radius 2 is 1.81 bits per heavy atom. The highest BCUT2D eigenvalue weighted by molar-refractivity contribution is 5.80. The van der Waals surface area contributed by atoms with Gasteiger partial charge in [0.05, 0.1) is 6.61 Å². The van der Waals surface area contributed by atoms with Crippen molar-refractivity contribution in [2.24, 2.45) is 4.99 Å². The van der Waals surface area contributed by atoms with Crippen LogP contribution >= 0.6 is 0 Å². The number of benzene rings is 1. The van der Waals surface area contributed by atoms with Crippen molar-refractivity contribution in [2.75, 3.05) is 59.6 Å². The topological polar surface area (TPSA) is 78.4 Å². The Morgan fingerprint density at radius 3 is 2.42 bits per heavy atom. The van der Waals surface area contributed by atoms with E-state index in [9.17, 15) is 4.79 Å². The molecule has 172 valence electrons. The molecule has 3 rings (SSSR count). The van der Waals surface area contributed by atoms with Crippen molar-refractivity contribution >= 4 is 12.1 Å². The zero-order valence-electron chi connectivity index (χ0n) is 19.1. The number of amides is 1. The van der Waals surface area contributed by atoms with Crippen LogP contribution in [0.4, 0.5) is 4.79 Å². The molecule has 1 aromatic carbocycles. The molecule has 0 saturated carbocycles. The Morgan fingerprint density at radius 1 is 1.16 bits per heavy atom. The molecule has 0 aliphatic carbocycles. The van der Waals surface area contributed by atoms with Gasteiger partial charge in [-0.05, 0) is 32.3 Å². The SMILES string of the molecule is CCOC(=O)N1CCN(C(=NC)NCC2(NC(C)c3ccccc3)CCOCC2)CC1. The molecular formula is C23H37N5O3. The van der Waals surface area contributed by atoms with Crippen molar-refractivity contribution in [3.63, 3.8) is 0 Å². The second-order valence-corrected chi connectivity index (χ2v) is 8.24. The Labute approximate surface area is 186 Å². The van der Waals surface area contributed by atoms with Crippen LogP contribution in [0.1, 0.15) is 38.3 Å². The number of nitrogens with zero attached hydrogens (tertiary/aromatic N) is 3. The van der Waals surface area contributed by atoms with Gasteiger partial charge in [-0.25, -0.2) is 4.79 Å². The minimum Gasteiger partial charge on any atom is -0.450 e. The van der Waals surface area contributed by atoms with E-state index in [1.807, 2.05) is 20.0 Å². The van der Waals surface area contributed by atoms with E-state index in [0.717, 1.165) is 51.6 Å². The van der Waals surface area contributed by atoms with E-state index >= 15 is 0 Å². The largest absolute Gasteiger partial charge is 0.450 e. The van der Waals surface area contributed by atoms with Crippen LogP contribution in [0.25, 0.3) is 0 Å². The molecule has 31 heavy (non-hydrogen) atoms. The highest BCUT2D eigenvalue weighted by Gasteiger charge is 2.35. The fraction of sp³-hybridized carbons (Fsp3) is 0.652. The van der Waals surface area contributed by atoms with Gasteiger partial charge >= 0.3 is 6.09 Å². The quantitative estimate of drug-likeness (QED) is 0.531. The lowest BCUT2D eigenvalue weighted by atomic mass is 9.88. The summed E-state index contributed by atoms with van der Waals surface area (Å²) in [5.74, 6) is 0.878. The zero-order chi connectivity index (χ0) is 22.1. The molecule has 2 heterocycles. The number of nitrogens with one attached hydrogen (secondary N) is 2. The maximum atomic E-state index is 12.0. The fourth-order valence-electron chi connectivity index (χ4n) is 4.31. The number of rotatable bonds is 6. The molecule has 1 amide bonds. The molecule has 2 aliphatic heterocycles. The Balaban J connectivity index is 1.58. The summed E-state index contributed by atoms with van der Waals surface area (Å²) in [6.07, 6.45) is 1.67. The van der Waals surface area contributed by atoms with Crippen LogP contribution in [0.15, 0.2) is 35.3 Å². The van der Waals surface area contributed by atoms with Gasteiger partial charge in [0.1, 0.15) is 0 Å². The monoisotopic (exact) mass is 431 g/mol. The summed E-state index contributed by atoms with van der Waals surface area (Å²) in [7, 11) is 1.82. The number of carbonyl (C=O) groups excluding carboxylic acids is 1. The molecular weight excluding hydrogens is 394 g/mol. The van der Waals surface area contributed by atoms with Gasteiger partial charge in [0, 0.05) is 64.6 Å². The van der Waals surface area contributed by atoms with Crippen molar-refractivity contribution < 1.29 is 14.3 Å². The van der Waals surface area contributed by atoms with Gasteiger partial charge in [0.25, 0.3) is 0 Å². The van der Waals surface area contributed by atoms with Gasteiger partial charge < -0.3 is 29.9 Å². The molecule has 0 spiro atoms. The van der Waals surface area contributed by atoms with Gasteiger partial charge in [-0.3, -0.25) is 4.99 Å². The first kappa shape index (κ1) is 23.3. The first-order chi connectivity index (χ1) is 15.1. The van der Waals surface area contributed by atoms with E-state index in [-0.39, 0.29) is 17.7 Å². The van der Waals surface area contributed by atoms with Crippen LogP contribution in [0, 0.1) is 0 Å². The summed E-state index contributed by atoms with van der Waals surface area (Å²) in [5, 5.41) is 7.48. The molecule has 1 unspecified atom stereocenters. The lowest BCUT2D eigenvalue weighted by molar-refractivity contribution is 0.0351. The molecule has 2 aliphatic rings. The molecule has 2 saturated heterocycles. The zero-order valence-corrected chi connectivity index (χ0v) is 19.1. The van der Waals surface area contributed by atoms with Gasteiger partial charge in [0.2, 0.25) is 0 Å². The van der Waals surface area contributed by atoms with E-state index in [1.54, 1.807) is 4.90 Å². The second-order valence-electron chi connectivity index (χ2n) is 8.24. The van der Waals surface area contributed by atoms with Crippen molar-refractivity contribution in [1.82, 2.24) is 20.4 Å². The van der Waals surface area contributed by atoms with Crippen molar-refractivity contribution in [1.29, 1.82) is 0 Å².